The van der Waals surface area contributed by atoms with Gasteiger partial charge in [0.2, 0.25) is 5.43 Å². The molecule has 1 aromatic heterocycles. The molecule has 1 atom stereocenters. The Hall–Kier alpha value is -2.83. The quantitative estimate of drug-likeness (QED) is 0.889. The van der Waals surface area contributed by atoms with E-state index in [1.165, 1.54) is 25.4 Å². The maximum atomic E-state index is 13.6. The molecule has 6 nitrogen and oxygen atoms in total. The van der Waals surface area contributed by atoms with Crippen LogP contribution in [0.5, 0.6) is 11.5 Å². The van der Waals surface area contributed by atoms with Gasteiger partial charge in [0.25, 0.3) is 5.91 Å². The van der Waals surface area contributed by atoms with E-state index in [4.69, 9.17) is 9.47 Å². The number of nitrogens with one attached hydrogen (secondary N) is 1. The molecule has 1 fully saturated rings. The Morgan fingerprint density at radius 2 is 2.15 bits per heavy atom. The van der Waals surface area contributed by atoms with Crippen molar-refractivity contribution < 1.29 is 18.7 Å². The van der Waals surface area contributed by atoms with Gasteiger partial charge >= 0.3 is 0 Å². The van der Waals surface area contributed by atoms with Crippen LogP contribution in [0.1, 0.15) is 23.3 Å². The highest BCUT2D eigenvalue weighted by Crippen LogP contribution is 2.21. The van der Waals surface area contributed by atoms with Crippen LogP contribution in [0.25, 0.3) is 0 Å². The van der Waals surface area contributed by atoms with Gasteiger partial charge in [-0.3, -0.25) is 9.59 Å². The van der Waals surface area contributed by atoms with Gasteiger partial charge in [-0.25, -0.2) is 4.39 Å². The number of aromatic amines is 1. The van der Waals surface area contributed by atoms with Gasteiger partial charge in [0.1, 0.15) is 5.69 Å². The summed E-state index contributed by atoms with van der Waals surface area (Å²) in [6.07, 6.45) is 3.12. The zero-order valence-corrected chi connectivity index (χ0v) is 14.5. The standard InChI is InChI=1S/C19H21FN2O4/c1-25-18-10-21-15(9-16(18)23)19(24)22-8-4-5-13(11-22)12-26-17-7-3-2-6-14(17)20/h2-3,6-7,9-10,13H,4-5,8,11-12H2,1H3,(H,21,23)/t13-/m0/s1. The smallest absolute Gasteiger partial charge is 0.270 e. The Bertz CT molecular complexity index is 836. The fraction of sp³-hybridized carbons (Fsp3) is 0.368. The number of aromatic nitrogens is 1. The van der Waals surface area contributed by atoms with Crippen molar-refractivity contribution in [3.63, 3.8) is 0 Å². The van der Waals surface area contributed by atoms with Crippen molar-refractivity contribution in [3.8, 4) is 11.5 Å². The van der Waals surface area contributed by atoms with Crippen LogP contribution in [0.3, 0.4) is 0 Å². The summed E-state index contributed by atoms with van der Waals surface area (Å²) in [4.78, 5) is 29.0. The van der Waals surface area contributed by atoms with E-state index in [9.17, 15) is 14.0 Å². The third-order valence-corrected chi connectivity index (χ3v) is 4.44. The minimum atomic E-state index is -0.396. The third kappa shape index (κ3) is 4.04. The van der Waals surface area contributed by atoms with Crippen molar-refractivity contribution >= 4 is 5.91 Å². The average molecular weight is 360 g/mol. The highest BCUT2D eigenvalue weighted by molar-refractivity contribution is 5.92. The monoisotopic (exact) mass is 360 g/mol. The number of H-pyrrole nitrogens is 1. The van der Waals surface area contributed by atoms with Gasteiger partial charge in [-0.1, -0.05) is 12.1 Å². The predicted molar refractivity (Wildman–Crippen MR) is 94.1 cm³/mol. The van der Waals surface area contributed by atoms with Gasteiger partial charge in [0.05, 0.1) is 13.7 Å². The summed E-state index contributed by atoms with van der Waals surface area (Å²) in [5.41, 5.74) is -0.113. The number of likely N-dealkylation sites (tertiary alicyclic amines) is 1. The molecule has 0 spiro atoms. The van der Waals surface area contributed by atoms with Crippen LogP contribution in [-0.4, -0.2) is 42.6 Å². The van der Waals surface area contributed by atoms with E-state index in [2.05, 4.69) is 4.98 Å². The maximum absolute atomic E-state index is 13.6. The number of para-hydroxylation sites is 1. The van der Waals surface area contributed by atoms with Gasteiger partial charge in [0, 0.05) is 31.3 Å². The molecule has 1 amide bonds. The number of carbonyl (C=O) groups excluding carboxylic acids is 1. The van der Waals surface area contributed by atoms with Crippen LogP contribution in [0.2, 0.25) is 0 Å². The normalized spacial score (nSPS) is 17.0. The second-order valence-corrected chi connectivity index (χ2v) is 6.28. The molecule has 1 aromatic carbocycles. The second kappa shape index (κ2) is 8.03. The summed E-state index contributed by atoms with van der Waals surface area (Å²) in [5, 5.41) is 0. The van der Waals surface area contributed by atoms with E-state index >= 15 is 0 Å². The van der Waals surface area contributed by atoms with Gasteiger partial charge in [-0.05, 0) is 25.0 Å². The molecule has 0 radical (unpaired) electrons. The molecule has 138 valence electrons. The van der Waals surface area contributed by atoms with E-state index in [0.29, 0.717) is 19.7 Å². The summed E-state index contributed by atoms with van der Waals surface area (Å²) in [6, 6.07) is 7.52. The summed E-state index contributed by atoms with van der Waals surface area (Å²) in [5.74, 6) is -0.142. The van der Waals surface area contributed by atoms with Gasteiger partial charge in [-0.15, -0.1) is 0 Å². The first kappa shape index (κ1) is 18.0. The Kier molecular flexibility index (Phi) is 5.55. The fourth-order valence-corrected chi connectivity index (χ4v) is 3.07. The molecule has 0 unspecified atom stereocenters. The van der Waals surface area contributed by atoms with Crippen LogP contribution in [0.15, 0.2) is 41.3 Å². The Morgan fingerprint density at radius 1 is 1.35 bits per heavy atom. The topological polar surface area (TPSA) is 71.6 Å². The van der Waals surface area contributed by atoms with Crippen molar-refractivity contribution in [1.82, 2.24) is 9.88 Å². The van der Waals surface area contributed by atoms with Crippen LogP contribution >= 0.6 is 0 Å². The molecule has 0 aliphatic carbocycles. The molecule has 1 aliphatic rings. The highest BCUT2D eigenvalue weighted by atomic mass is 19.1. The number of rotatable bonds is 5. The second-order valence-electron chi connectivity index (χ2n) is 6.28. The fourth-order valence-electron chi connectivity index (χ4n) is 3.07. The van der Waals surface area contributed by atoms with Crippen molar-refractivity contribution in [3.05, 3.63) is 58.3 Å². The van der Waals surface area contributed by atoms with E-state index in [1.54, 1.807) is 23.1 Å². The highest BCUT2D eigenvalue weighted by Gasteiger charge is 2.26. The van der Waals surface area contributed by atoms with Gasteiger partial charge in [0.15, 0.2) is 17.3 Å². The molecule has 26 heavy (non-hydrogen) atoms. The predicted octanol–water partition coefficient (Wildman–Crippen LogP) is 2.45. The number of piperidine rings is 1. The Morgan fingerprint density at radius 3 is 2.88 bits per heavy atom. The molecular weight excluding hydrogens is 339 g/mol. The Labute approximate surface area is 150 Å². The summed E-state index contributed by atoms with van der Waals surface area (Å²) < 4.78 is 24.1. The number of carbonyl (C=O) groups is 1. The molecule has 2 aromatic rings. The molecule has 7 heteroatoms. The van der Waals surface area contributed by atoms with E-state index in [-0.39, 0.29) is 34.4 Å². The van der Waals surface area contributed by atoms with Crippen molar-refractivity contribution in [1.29, 1.82) is 0 Å². The minimum Gasteiger partial charge on any atom is -0.491 e. The number of pyridine rings is 1. The molecule has 2 heterocycles. The van der Waals surface area contributed by atoms with Gasteiger partial charge < -0.3 is 19.4 Å². The van der Waals surface area contributed by atoms with Crippen molar-refractivity contribution in [2.24, 2.45) is 5.92 Å². The molecule has 1 saturated heterocycles. The number of amides is 1. The van der Waals surface area contributed by atoms with E-state index < -0.39 is 5.82 Å². The lowest BCUT2D eigenvalue weighted by Crippen LogP contribution is -2.42. The minimum absolute atomic E-state index is 0.109. The molecule has 3 rings (SSSR count). The molecule has 0 saturated carbocycles. The lowest BCUT2D eigenvalue weighted by molar-refractivity contribution is 0.0625. The Balaban J connectivity index is 1.62. The first-order chi connectivity index (χ1) is 12.6. The first-order valence-electron chi connectivity index (χ1n) is 8.52. The number of methoxy groups -OCH3 is 1. The number of hydrogen-bond acceptors (Lipinski definition) is 4. The van der Waals surface area contributed by atoms with Crippen molar-refractivity contribution in [2.75, 3.05) is 26.8 Å². The molecule has 1 aliphatic heterocycles. The summed E-state index contributed by atoms with van der Waals surface area (Å²) in [7, 11) is 1.40. The lowest BCUT2D eigenvalue weighted by atomic mass is 9.98. The van der Waals surface area contributed by atoms with Crippen LogP contribution in [0, 0.1) is 11.7 Å². The first-order valence-corrected chi connectivity index (χ1v) is 8.52. The maximum Gasteiger partial charge on any atom is 0.270 e. The molecule has 0 bridgehead atoms. The molecular formula is C19H21FN2O4. The summed E-state index contributed by atoms with van der Waals surface area (Å²) >= 11 is 0. The molecule has 1 N–H and O–H groups in total. The number of ether oxygens (including phenoxy) is 2. The van der Waals surface area contributed by atoms with Crippen molar-refractivity contribution in [2.45, 2.75) is 12.8 Å². The van der Waals surface area contributed by atoms with Gasteiger partial charge in [-0.2, -0.15) is 0 Å². The van der Waals surface area contributed by atoms with Crippen LogP contribution in [-0.2, 0) is 0 Å². The largest absolute Gasteiger partial charge is 0.491 e. The zero-order valence-electron chi connectivity index (χ0n) is 14.5. The van der Waals surface area contributed by atoms with E-state index in [1.807, 2.05) is 0 Å². The zero-order chi connectivity index (χ0) is 18.5. The average Bonchev–Trinajstić information content (AvgIpc) is 2.67. The SMILES string of the molecule is COc1c[nH]c(C(=O)N2CCC[C@H](COc3ccccc3F)C2)cc1=O. The number of halogens is 1. The lowest BCUT2D eigenvalue weighted by Gasteiger charge is -2.32. The van der Waals surface area contributed by atoms with E-state index in [0.717, 1.165) is 12.8 Å². The number of nitrogens with zero attached hydrogens (tertiary/aromatic N) is 1. The summed E-state index contributed by atoms with van der Waals surface area (Å²) in [6.45, 7) is 1.45. The van der Waals surface area contributed by atoms with Crippen LogP contribution in [0.4, 0.5) is 4.39 Å². The third-order valence-electron chi connectivity index (χ3n) is 4.44. The number of hydrogen-bond donors (Lipinski definition) is 1. The number of benzene rings is 1. The van der Waals surface area contributed by atoms with Crippen LogP contribution < -0.4 is 14.9 Å².